The second-order valence-electron chi connectivity index (χ2n) is 4.14. The first-order valence-corrected chi connectivity index (χ1v) is 8.60. The predicted octanol–water partition coefficient (Wildman–Crippen LogP) is 4.46. The maximum Gasteiger partial charge on any atom is 0.261 e. The number of hydrogen-bond acceptors (Lipinski definition) is 2. The molecule has 7 heteroatoms. The molecule has 0 radical (unpaired) electrons. The second-order valence-corrected chi connectivity index (χ2v) is 7.59. The Kier molecular flexibility index (Phi) is 4.51. The first kappa shape index (κ1) is 15.5. The molecule has 3 nitrogen and oxygen atoms in total. The van der Waals surface area contributed by atoms with Crippen molar-refractivity contribution in [3.05, 3.63) is 56.7 Å². The van der Waals surface area contributed by atoms with Crippen molar-refractivity contribution in [2.45, 2.75) is 11.8 Å². The summed E-state index contributed by atoms with van der Waals surface area (Å²) in [6.07, 6.45) is 0. The summed E-state index contributed by atoms with van der Waals surface area (Å²) < 4.78 is 41.4. The summed E-state index contributed by atoms with van der Waals surface area (Å²) >= 11 is 6.29. The van der Waals surface area contributed by atoms with Crippen molar-refractivity contribution in [2.75, 3.05) is 4.72 Å². The third-order valence-electron chi connectivity index (χ3n) is 2.64. The summed E-state index contributed by atoms with van der Waals surface area (Å²) in [5.41, 5.74) is 0.840. The van der Waals surface area contributed by atoms with Crippen LogP contribution in [0.2, 0.25) is 0 Å². The maximum atomic E-state index is 13.5. The lowest BCUT2D eigenvalue weighted by atomic mass is 10.2. The molecule has 0 spiro atoms. The van der Waals surface area contributed by atoms with Gasteiger partial charge in [0.25, 0.3) is 10.0 Å². The Morgan fingerprint density at radius 2 is 1.70 bits per heavy atom. The SMILES string of the molecule is Cc1cc(Br)c(F)cc1NS(=O)(=O)c1ccc(Br)cc1. The molecule has 0 unspecified atom stereocenters. The third-order valence-corrected chi connectivity index (χ3v) is 5.15. The molecule has 0 saturated carbocycles. The van der Waals surface area contributed by atoms with Crippen LogP contribution in [0.25, 0.3) is 0 Å². The predicted molar refractivity (Wildman–Crippen MR) is 83.8 cm³/mol. The van der Waals surface area contributed by atoms with Crippen LogP contribution >= 0.6 is 31.9 Å². The summed E-state index contributed by atoms with van der Waals surface area (Å²) in [6.45, 7) is 1.70. The number of hydrogen-bond donors (Lipinski definition) is 1. The van der Waals surface area contributed by atoms with E-state index in [9.17, 15) is 12.8 Å². The van der Waals surface area contributed by atoms with Gasteiger partial charge >= 0.3 is 0 Å². The molecule has 2 aromatic carbocycles. The van der Waals surface area contributed by atoms with Gasteiger partial charge in [0.15, 0.2) is 0 Å². The zero-order chi connectivity index (χ0) is 14.9. The van der Waals surface area contributed by atoms with Gasteiger partial charge in [0, 0.05) is 4.47 Å². The fourth-order valence-corrected chi connectivity index (χ4v) is 3.42. The summed E-state index contributed by atoms with van der Waals surface area (Å²) in [6, 6.07) is 8.87. The van der Waals surface area contributed by atoms with Gasteiger partial charge in [-0.3, -0.25) is 4.72 Å². The lowest BCUT2D eigenvalue weighted by Gasteiger charge is -2.11. The summed E-state index contributed by atoms with van der Waals surface area (Å²) in [5.74, 6) is -0.524. The van der Waals surface area contributed by atoms with E-state index in [-0.39, 0.29) is 10.6 Å². The second kappa shape index (κ2) is 5.83. The van der Waals surface area contributed by atoms with E-state index in [4.69, 9.17) is 0 Å². The highest BCUT2D eigenvalue weighted by Crippen LogP contribution is 2.26. The third kappa shape index (κ3) is 3.39. The average Bonchev–Trinajstić information content (AvgIpc) is 2.36. The van der Waals surface area contributed by atoms with Gasteiger partial charge in [0.05, 0.1) is 15.1 Å². The Bertz CT molecular complexity index is 746. The van der Waals surface area contributed by atoms with E-state index in [0.717, 1.165) is 10.5 Å². The van der Waals surface area contributed by atoms with Gasteiger partial charge in [-0.1, -0.05) is 15.9 Å². The van der Waals surface area contributed by atoms with E-state index >= 15 is 0 Å². The molecule has 0 atom stereocenters. The molecule has 0 heterocycles. The standard InChI is InChI=1S/C13H10Br2FNO2S/c1-8-6-11(15)12(16)7-13(8)17-20(18,19)10-4-2-9(14)3-5-10/h2-7,17H,1H3. The molecular weight excluding hydrogens is 413 g/mol. The zero-order valence-corrected chi connectivity index (χ0v) is 14.3. The highest BCUT2D eigenvalue weighted by Gasteiger charge is 2.16. The van der Waals surface area contributed by atoms with Crippen LogP contribution in [0.15, 0.2) is 50.2 Å². The molecule has 0 aliphatic carbocycles. The minimum atomic E-state index is -3.74. The normalized spacial score (nSPS) is 11.4. The lowest BCUT2D eigenvalue weighted by molar-refractivity contribution is 0.601. The fourth-order valence-electron chi connectivity index (χ4n) is 1.57. The van der Waals surface area contributed by atoms with Crippen LogP contribution in [-0.4, -0.2) is 8.42 Å². The first-order chi connectivity index (χ1) is 9.29. The van der Waals surface area contributed by atoms with Gasteiger partial charge in [-0.25, -0.2) is 12.8 Å². The molecule has 0 bridgehead atoms. The number of sulfonamides is 1. The van der Waals surface area contributed by atoms with Gasteiger partial charge in [-0.05, 0) is 64.8 Å². The van der Waals surface area contributed by atoms with Crippen molar-refractivity contribution in [1.29, 1.82) is 0 Å². The molecule has 20 heavy (non-hydrogen) atoms. The zero-order valence-electron chi connectivity index (χ0n) is 10.3. The quantitative estimate of drug-likeness (QED) is 0.793. The highest BCUT2D eigenvalue weighted by molar-refractivity contribution is 9.10. The molecule has 2 aromatic rings. The summed E-state index contributed by atoms with van der Waals surface area (Å²) in [4.78, 5) is 0.114. The number of benzene rings is 2. The lowest BCUT2D eigenvalue weighted by Crippen LogP contribution is -2.14. The van der Waals surface area contributed by atoms with Gasteiger partial charge in [0.2, 0.25) is 0 Å². The van der Waals surface area contributed by atoms with Crippen molar-refractivity contribution in [2.24, 2.45) is 0 Å². The first-order valence-electron chi connectivity index (χ1n) is 5.53. The molecule has 0 aliphatic heterocycles. The minimum Gasteiger partial charge on any atom is -0.279 e. The minimum absolute atomic E-state index is 0.114. The topological polar surface area (TPSA) is 46.2 Å². The smallest absolute Gasteiger partial charge is 0.261 e. The van der Waals surface area contributed by atoms with E-state index in [1.54, 1.807) is 19.1 Å². The Labute approximate surface area is 133 Å². The molecular formula is C13H10Br2FNO2S. The van der Waals surface area contributed by atoms with Crippen LogP contribution in [0.5, 0.6) is 0 Å². The number of nitrogens with one attached hydrogen (secondary N) is 1. The fraction of sp³-hybridized carbons (Fsp3) is 0.0769. The van der Waals surface area contributed by atoms with Crippen LogP contribution in [0, 0.1) is 12.7 Å². The van der Waals surface area contributed by atoms with Crippen LogP contribution in [0.1, 0.15) is 5.56 Å². The van der Waals surface area contributed by atoms with Crippen LogP contribution < -0.4 is 4.72 Å². The highest BCUT2D eigenvalue weighted by atomic mass is 79.9. The number of halogens is 3. The molecule has 0 aromatic heterocycles. The Morgan fingerprint density at radius 1 is 1.10 bits per heavy atom. The molecule has 0 aliphatic rings. The molecule has 0 amide bonds. The molecule has 0 saturated heterocycles. The Morgan fingerprint density at radius 3 is 2.30 bits per heavy atom. The van der Waals surface area contributed by atoms with Crippen molar-refractivity contribution >= 4 is 47.6 Å². The largest absolute Gasteiger partial charge is 0.279 e. The van der Waals surface area contributed by atoms with Crippen molar-refractivity contribution in [1.82, 2.24) is 0 Å². The summed E-state index contributed by atoms with van der Waals surface area (Å²) in [5, 5.41) is 0. The molecule has 2 rings (SSSR count). The number of anilines is 1. The van der Waals surface area contributed by atoms with E-state index in [0.29, 0.717) is 10.0 Å². The van der Waals surface area contributed by atoms with E-state index in [1.165, 1.54) is 18.2 Å². The molecule has 1 N–H and O–H groups in total. The van der Waals surface area contributed by atoms with Crippen LogP contribution in [0.3, 0.4) is 0 Å². The molecule has 106 valence electrons. The van der Waals surface area contributed by atoms with E-state index in [1.807, 2.05) is 0 Å². The summed E-state index contributed by atoms with van der Waals surface area (Å²) in [7, 11) is -3.74. The van der Waals surface area contributed by atoms with Gasteiger partial charge in [-0.15, -0.1) is 0 Å². The Hall–Kier alpha value is -0.920. The van der Waals surface area contributed by atoms with Crippen molar-refractivity contribution < 1.29 is 12.8 Å². The number of aryl methyl sites for hydroxylation is 1. The Balaban J connectivity index is 2.38. The monoisotopic (exact) mass is 421 g/mol. The van der Waals surface area contributed by atoms with Gasteiger partial charge < -0.3 is 0 Å². The van der Waals surface area contributed by atoms with Crippen LogP contribution in [0.4, 0.5) is 10.1 Å². The van der Waals surface area contributed by atoms with E-state index in [2.05, 4.69) is 36.6 Å². The van der Waals surface area contributed by atoms with Gasteiger partial charge in [0.1, 0.15) is 5.82 Å². The van der Waals surface area contributed by atoms with Crippen molar-refractivity contribution in [3.63, 3.8) is 0 Å². The average molecular weight is 423 g/mol. The number of rotatable bonds is 3. The van der Waals surface area contributed by atoms with Gasteiger partial charge in [-0.2, -0.15) is 0 Å². The maximum absolute atomic E-state index is 13.5. The molecule has 0 fully saturated rings. The van der Waals surface area contributed by atoms with E-state index < -0.39 is 15.8 Å². The van der Waals surface area contributed by atoms with Crippen LogP contribution in [-0.2, 0) is 10.0 Å². The van der Waals surface area contributed by atoms with Crippen molar-refractivity contribution in [3.8, 4) is 0 Å².